The Bertz CT molecular complexity index is 732. The van der Waals surface area contributed by atoms with Crippen molar-refractivity contribution in [3.8, 4) is 11.4 Å². The summed E-state index contributed by atoms with van der Waals surface area (Å²) in [4.78, 5) is 0. The first-order valence-electron chi connectivity index (χ1n) is 6.62. The Kier molecular flexibility index (Phi) is 3.45. The monoisotopic (exact) mass is 283 g/mol. The molecule has 0 saturated heterocycles. The number of nitrogens with two attached hydrogens (primary N) is 1. The maximum Gasteiger partial charge on any atom is 0.161 e. The van der Waals surface area contributed by atoms with Gasteiger partial charge in [0.05, 0.1) is 31.2 Å². The molecular weight excluding hydrogens is 266 g/mol. The van der Waals surface area contributed by atoms with Crippen molar-refractivity contribution in [3.05, 3.63) is 60.2 Å². The number of hydrogen-bond acceptors (Lipinski definition) is 4. The largest absolute Gasteiger partial charge is 0.493 e. The summed E-state index contributed by atoms with van der Waals surface area (Å²) in [6, 6.07) is 9.56. The Hall–Kier alpha value is -2.60. The molecule has 0 spiro atoms. The van der Waals surface area contributed by atoms with Crippen LogP contribution in [0.25, 0.3) is 5.69 Å². The van der Waals surface area contributed by atoms with Gasteiger partial charge in [0, 0.05) is 18.8 Å². The van der Waals surface area contributed by atoms with Crippen molar-refractivity contribution in [2.24, 2.45) is 12.8 Å². The fourth-order valence-corrected chi connectivity index (χ4v) is 2.32. The molecule has 1 atom stereocenters. The topological polar surface area (TPSA) is 70.9 Å². The molecule has 2 heterocycles. The minimum atomic E-state index is -0.343. The smallest absolute Gasteiger partial charge is 0.161 e. The molecule has 6 nitrogen and oxygen atoms in total. The third-order valence-electron chi connectivity index (χ3n) is 3.45. The highest BCUT2D eigenvalue weighted by Gasteiger charge is 2.20. The van der Waals surface area contributed by atoms with Crippen LogP contribution in [-0.4, -0.2) is 26.7 Å². The second-order valence-electron chi connectivity index (χ2n) is 4.75. The Morgan fingerprint density at radius 2 is 1.90 bits per heavy atom. The molecule has 0 amide bonds. The Balaban J connectivity index is 1.94. The molecule has 0 saturated carbocycles. The molecule has 1 aromatic carbocycles. The summed E-state index contributed by atoms with van der Waals surface area (Å²) in [7, 11) is 3.46. The molecule has 2 N–H and O–H groups in total. The van der Waals surface area contributed by atoms with Gasteiger partial charge in [0.25, 0.3) is 0 Å². The lowest BCUT2D eigenvalue weighted by Crippen LogP contribution is -2.16. The van der Waals surface area contributed by atoms with E-state index in [9.17, 15) is 0 Å². The summed E-state index contributed by atoms with van der Waals surface area (Å²) in [6.07, 6.45) is 5.35. The van der Waals surface area contributed by atoms with Gasteiger partial charge >= 0.3 is 0 Å². The molecule has 3 aromatic rings. The zero-order chi connectivity index (χ0) is 14.8. The predicted octanol–water partition coefficient (Wildman–Crippen LogP) is 1.66. The van der Waals surface area contributed by atoms with Gasteiger partial charge in [0.1, 0.15) is 5.69 Å². The Labute approximate surface area is 122 Å². The maximum absolute atomic E-state index is 6.34. The molecule has 6 heteroatoms. The van der Waals surface area contributed by atoms with Crippen molar-refractivity contribution in [1.29, 1.82) is 0 Å². The highest BCUT2D eigenvalue weighted by Crippen LogP contribution is 2.27. The highest BCUT2D eigenvalue weighted by atomic mass is 16.5. The van der Waals surface area contributed by atoms with Crippen LogP contribution in [0.1, 0.15) is 17.3 Å². The van der Waals surface area contributed by atoms with Gasteiger partial charge in [-0.25, -0.2) is 4.68 Å². The number of hydrogen-bond donors (Lipinski definition) is 1. The van der Waals surface area contributed by atoms with E-state index in [-0.39, 0.29) is 6.04 Å². The van der Waals surface area contributed by atoms with E-state index < -0.39 is 0 Å². The minimum Gasteiger partial charge on any atom is -0.493 e. The minimum absolute atomic E-state index is 0.343. The number of para-hydroxylation sites is 1. The molecule has 21 heavy (non-hydrogen) atoms. The fraction of sp³-hybridized carbons (Fsp3) is 0.200. The standard InChI is InChI=1S/C15H17N5O/c1-19-15(13(21-2)9-17-19)14(16)11-8-18-20(10-11)12-6-4-3-5-7-12/h3-10,14H,16H2,1-2H3. The van der Waals surface area contributed by atoms with Gasteiger partial charge in [-0.05, 0) is 12.1 Å². The fourth-order valence-electron chi connectivity index (χ4n) is 2.32. The molecular formula is C15H17N5O. The average Bonchev–Trinajstić information content (AvgIpc) is 3.14. The van der Waals surface area contributed by atoms with Gasteiger partial charge in [-0.1, -0.05) is 18.2 Å². The van der Waals surface area contributed by atoms with Gasteiger partial charge in [0.2, 0.25) is 0 Å². The molecule has 108 valence electrons. The summed E-state index contributed by atoms with van der Waals surface area (Å²) < 4.78 is 8.84. The van der Waals surface area contributed by atoms with Crippen LogP contribution in [0, 0.1) is 0 Å². The lowest BCUT2D eigenvalue weighted by Gasteiger charge is -2.12. The van der Waals surface area contributed by atoms with Crippen LogP contribution in [0.5, 0.6) is 5.75 Å². The predicted molar refractivity (Wildman–Crippen MR) is 79.4 cm³/mol. The summed E-state index contributed by atoms with van der Waals surface area (Å²) >= 11 is 0. The van der Waals surface area contributed by atoms with Crippen molar-refractivity contribution in [3.63, 3.8) is 0 Å². The summed E-state index contributed by atoms with van der Waals surface area (Å²) in [6.45, 7) is 0. The first-order chi connectivity index (χ1) is 10.2. The van der Waals surface area contributed by atoms with Crippen molar-refractivity contribution in [2.75, 3.05) is 7.11 Å². The number of methoxy groups -OCH3 is 1. The second-order valence-corrected chi connectivity index (χ2v) is 4.75. The SMILES string of the molecule is COc1cnn(C)c1C(N)c1cnn(-c2ccccc2)c1. The quantitative estimate of drug-likeness (QED) is 0.790. The number of aryl methyl sites for hydroxylation is 1. The van der Waals surface area contributed by atoms with E-state index in [0.29, 0.717) is 5.75 Å². The van der Waals surface area contributed by atoms with Crippen molar-refractivity contribution < 1.29 is 4.74 Å². The number of benzene rings is 1. The molecule has 3 rings (SSSR count). The van der Waals surface area contributed by atoms with E-state index in [0.717, 1.165) is 16.9 Å². The number of nitrogens with zero attached hydrogens (tertiary/aromatic N) is 4. The lowest BCUT2D eigenvalue weighted by molar-refractivity contribution is 0.406. The average molecular weight is 283 g/mol. The second kappa shape index (κ2) is 5.41. The van der Waals surface area contributed by atoms with Crippen LogP contribution in [0.2, 0.25) is 0 Å². The molecule has 0 aliphatic carbocycles. The Morgan fingerprint density at radius 1 is 1.14 bits per heavy atom. The molecule has 1 unspecified atom stereocenters. The van der Waals surface area contributed by atoms with E-state index in [1.165, 1.54) is 0 Å². The van der Waals surface area contributed by atoms with Crippen LogP contribution < -0.4 is 10.5 Å². The van der Waals surface area contributed by atoms with Gasteiger partial charge in [-0.3, -0.25) is 4.68 Å². The van der Waals surface area contributed by atoms with Crippen LogP contribution in [0.15, 0.2) is 48.9 Å². The lowest BCUT2D eigenvalue weighted by atomic mass is 10.1. The maximum atomic E-state index is 6.34. The van der Waals surface area contributed by atoms with Crippen molar-refractivity contribution in [1.82, 2.24) is 19.6 Å². The van der Waals surface area contributed by atoms with Crippen molar-refractivity contribution in [2.45, 2.75) is 6.04 Å². The molecule has 0 bridgehead atoms. The summed E-state index contributed by atoms with van der Waals surface area (Å²) in [5.74, 6) is 0.678. The zero-order valence-corrected chi connectivity index (χ0v) is 12.0. The molecule has 0 aliphatic heterocycles. The van der Waals surface area contributed by atoms with Gasteiger partial charge in [-0.2, -0.15) is 10.2 Å². The number of rotatable bonds is 4. The van der Waals surface area contributed by atoms with E-state index in [1.54, 1.807) is 28.9 Å². The van der Waals surface area contributed by atoms with Gasteiger partial charge < -0.3 is 10.5 Å². The van der Waals surface area contributed by atoms with Crippen LogP contribution in [0.4, 0.5) is 0 Å². The molecule has 2 aromatic heterocycles. The van der Waals surface area contributed by atoms with E-state index in [1.807, 2.05) is 43.6 Å². The first-order valence-corrected chi connectivity index (χ1v) is 6.62. The Morgan fingerprint density at radius 3 is 2.62 bits per heavy atom. The van der Waals surface area contributed by atoms with Gasteiger partial charge in [-0.15, -0.1) is 0 Å². The highest BCUT2D eigenvalue weighted by molar-refractivity contribution is 5.36. The van der Waals surface area contributed by atoms with Crippen LogP contribution in [0.3, 0.4) is 0 Å². The number of ether oxygens (including phenoxy) is 1. The van der Waals surface area contributed by atoms with Crippen LogP contribution in [-0.2, 0) is 7.05 Å². The molecule has 0 fully saturated rings. The third-order valence-corrected chi connectivity index (χ3v) is 3.45. The summed E-state index contributed by atoms with van der Waals surface area (Å²) in [5.41, 5.74) is 9.06. The zero-order valence-electron chi connectivity index (χ0n) is 12.0. The molecule has 0 radical (unpaired) electrons. The van der Waals surface area contributed by atoms with E-state index >= 15 is 0 Å². The summed E-state index contributed by atoms with van der Waals surface area (Å²) in [5, 5.41) is 8.55. The van der Waals surface area contributed by atoms with E-state index in [4.69, 9.17) is 10.5 Å². The van der Waals surface area contributed by atoms with Crippen LogP contribution >= 0.6 is 0 Å². The first kappa shape index (κ1) is 13.4. The number of aromatic nitrogens is 4. The van der Waals surface area contributed by atoms with Gasteiger partial charge in [0.15, 0.2) is 5.75 Å². The normalized spacial score (nSPS) is 12.3. The molecule has 0 aliphatic rings. The third kappa shape index (κ3) is 2.41. The van der Waals surface area contributed by atoms with E-state index in [2.05, 4.69) is 10.2 Å². The van der Waals surface area contributed by atoms with Crippen molar-refractivity contribution >= 4 is 0 Å².